The number of benzene rings is 2. The van der Waals surface area contributed by atoms with E-state index in [2.05, 4.69) is 9.97 Å². The average Bonchev–Trinajstić information content (AvgIpc) is 2.47. The van der Waals surface area contributed by atoms with Crippen molar-refractivity contribution < 1.29 is 14.7 Å². The molecule has 0 unspecified atom stereocenters. The lowest BCUT2D eigenvalue weighted by molar-refractivity contribution is 0.278. The van der Waals surface area contributed by atoms with Crippen LogP contribution in [0, 0.1) is 0 Å². The van der Waals surface area contributed by atoms with Gasteiger partial charge in [-0.15, -0.1) is 0 Å². The van der Waals surface area contributed by atoms with Gasteiger partial charge in [0.25, 0.3) is 0 Å². The van der Waals surface area contributed by atoms with Gasteiger partial charge in [-0.1, -0.05) is 48.5 Å². The monoisotopic (exact) mass is 266 g/mol. The third-order valence-corrected chi connectivity index (χ3v) is 2.84. The molecule has 3 rings (SSSR count). The van der Waals surface area contributed by atoms with Crippen LogP contribution in [-0.2, 0) is 0 Å². The van der Waals surface area contributed by atoms with Gasteiger partial charge in [0.05, 0.1) is 11.2 Å². The van der Waals surface area contributed by atoms with E-state index >= 15 is 0 Å². The number of aromatic nitrogens is 2. The molecule has 1 aromatic heterocycles. The fraction of sp³-hybridized carbons (Fsp3) is 0. The Labute approximate surface area is 115 Å². The molecule has 0 aliphatic heterocycles. The minimum Gasteiger partial charge on any atom is -0.483 e. The second kappa shape index (κ2) is 5.28. The molecule has 0 saturated heterocycles. The van der Waals surface area contributed by atoms with Gasteiger partial charge in [0.15, 0.2) is 0 Å². The SMILES string of the molecule is OB(O)Oc1nc(-c2ccccc2)c2ccccc2n1. The third kappa shape index (κ3) is 2.47. The second-order valence-corrected chi connectivity index (χ2v) is 4.18. The fourth-order valence-corrected chi connectivity index (χ4v) is 2.02. The van der Waals surface area contributed by atoms with E-state index in [9.17, 15) is 0 Å². The highest BCUT2D eigenvalue weighted by atomic mass is 16.6. The van der Waals surface area contributed by atoms with Crippen LogP contribution in [0.3, 0.4) is 0 Å². The highest BCUT2D eigenvalue weighted by molar-refractivity contribution is 6.33. The van der Waals surface area contributed by atoms with Crippen LogP contribution in [0.5, 0.6) is 6.01 Å². The van der Waals surface area contributed by atoms with E-state index in [0.29, 0.717) is 11.2 Å². The molecule has 0 atom stereocenters. The summed E-state index contributed by atoms with van der Waals surface area (Å²) < 4.78 is 4.77. The molecule has 0 radical (unpaired) electrons. The van der Waals surface area contributed by atoms with E-state index in [0.717, 1.165) is 10.9 Å². The van der Waals surface area contributed by atoms with Gasteiger partial charge in [0, 0.05) is 10.9 Å². The molecule has 1 heterocycles. The van der Waals surface area contributed by atoms with Crippen LogP contribution in [-0.4, -0.2) is 27.3 Å². The van der Waals surface area contributed by atoms with Gasteiger partial charge in [-0.3, -0.25) is 0 Å². The summed E-state index contributed by atoms with van der Waals surface area (Å²) in [6.45, 7) is 0. The molecule has 0 aliphatic carbocycles. The van der Waals surface area contributed by atoms with Crippen molar-refractivity contribution in [2.75, 3.05) is 0 Å². The molecule has 0 saturated carbocycles. The number of fused-ring (bicyclic) bond motifs is 1. The van der Waals surface area contributed by atoms with Crippen molar-refractivity contribution in [3.8, 4) is 17.3 Å². The Kier molecular flexibility index (Phi) is 3.33. The Morgan fingerprint density at radius 1 is 0.850 bits per heavy atom. The Morgan fingerprint density at radius 3 is 2.30 bits per heavy atom. The van der Waals surface area contributed by atoms with Crippen molar-refractivity contribution in [1.82, 2.24) is 9.97 Å². The molecular weight excluding hydrogens is 255 g/mol. The lowest BCUT2D eigenvalue weighted by atomic mass is 10.1. The molecule has 0 fully saturated rings. The predicted molar refractivity (Wildman–Crippen MR) is 75.8 cm³/mol. The highest BCUT2D eigenvalue weighted by Crippen LogP contribution is 2.27. The molecule has 20 heavy (non-hydrogen) atoms. The van der Waals surface area contributed by atoms with E-state index < -0.39 is 7.32 Å². The molecule has 0 aliphatic rings. The van der Waals surface area contributed by atoms with Crippen LogP contribution in [0.25, 0.3) is 22.2 Å². The van der Waals surface area contributed by atoms with Crippen LogP contribution >= 0.6 is 0 Å². The van der Waals surface area contributed by atoms with Gasteiger partial charge >= 0.3 is 13.3 Å². The molecule has 98 valence electrons. The zero-order valence-electron chi connectivity index (χ0n) is 10.5. The van der Waals surface area contributed by atoms with Crippen LogP contribution < -0.4 is 4.65 Å². The largest absolute Gasteiger partial charge is 0.709 e. The van der Waals surface area contributed by atoms with Crippen molar-refractivity contribution in [2.24, 2.45) is 0 Å². The first-order valence-corrected chi connectivity index (χ1v) is 6.09. The Balaban J connectivity index is 2.23. The maximum absolute atomic E-state index is 8.89. The molecule has 0 bridgehead atoms. The Morgan fingerprint density at radius 2 is 1.55 bits per heavy atom. The standard InChI is InChI=1S/C14H11BN2O3/c18-15(19)20-14-16-12-9-5-4-8-11(12)13(17-14)10-6-2-1-3-7-10/h1-9,18-19H. The summed E-state index contributed by atoms with van der Waals surface area (Å²) in [7, 11) is -1.94. The number of hydrogen-bond donors (Lipinski definition) is 2. The summed E-state index contributed by atoms with van der Waals surface area (Å²) in [5, 5.41) is 18.7. The van der Waals surface area contributed by atoms with Gasteiger partial charge in [0.1, 0.15) is 0 Å². The van der Waals surface area contributed by atoms with Crippen LogP contribution in [0.4, 0.5) is 0 Å². The second-order valence-electron chi connectivity index (χ2n) is 4.18. The fourth-order valence-electron chi connectivity index (χ4n) is 2.02. The summed E-state index contributed by atoms with van der Waals surface area (Å²) in [6, 6.07) is 17.0. The molecule has 2 N–H and O–H groups in total. The molecule has 3 aromatic rings. The van der Waals surface area contributed by atoms with Gasteiger partial charge in [-0.25, -0.2) is 0 Å². The van der Waals surface area contributed by atoms with Gasteiger partial charge in [0.2, 0.25) is 0 Å². The van der Waals surface area contributed by atoms with Gasteiger partial charge in [-0.05, 0) is 6.07 Å². The van der Waals surface area contributed by atoms with Gasteiger partial charge < -0.3 is 14.7 Å². The smallest absolute Gasteiger partial charge is 0.483 e. The van der Waals surface area contributed by atoms with Crippen molar-refractivity contribution in [3.05, 3.63) is 54.6 Å². The molecule has 5 nitrogen and oxygen atoms in total. The normalized spacial score (nSPS) is 10.5. The molecular formula is C14H11BN2O3. The van der Waals surface area contributed by atoms with Gasteiger partial charge in [-0.2, -0.15) is 9.97 Å². The first kappa shape index (κ1) is 12.6. The first-order chi connectivity index (χ1) is 9.74. The van der Waals surface area contributed by atoms with Crippen molar-refractivity contribution in [1.29, 1.82) is 0 Å². The Bertz CT molecular complexity index is 735. The van der Waals surface area contributed by atoms with Crippen LogP contribution in [0.1, 0.15) is 0 Å². The summed E-state index contributed by atoms with van der Waals surface area (Å²) >= 11 is 0. The van der Waals surface area contributed by atoms with Crippen molar-refractivity contribution in [2.45, 2.75) is 0 Å². The lowest BCUT2D eigenvalue weighted by Crippen LogP contribution is -2.22. The molecule has 6 heteroatoms. The number of hydrogen-bond acceptors (Lipinski definition) is 5. The number of nitrogens with zero attached hydrogens (tertiary/aromatic N) is 2. The minimum absolute atomic E-state index is 0.0717. The summed E-state index contributed by atoms with van der Waals surface area (Å²) in [5.74, 6) is 0. The maximum Gasteiger partial charge on any atom is 0.709 e. The van der Waals surface area contributed by atoms with Crippen LogP contribution in [0.15, 0.2) is 54.6 Å². The zero-order chi connectivity index (χ0) is 13.9. The Hall–Kier alpha value is -2.44. The molecule has 0 spiro atoms. The topological polar surface area (TPSA) is 75.5 Å². The number of rotatable bonds is 3. The van der Waals surface area contributed by atoms with Crippen molar-refractivity contribution >= 4 is 18.2 Å². The first-order valence-electron chi connectivity index (χ1n) is 6.09. The summed E-state index contributed by atoms with van der Waals surface area (Å²) in [6.07, 6.45) is 0. The molecule has 0 amide bonds. The average molecular weight is 266 g/mol. The van der Waals surface area contributed by atoms with Crippen LogP contribution in [0.2, 0.25) is 0 Å². The zero-order valence-corrected chi connectivity index (χ0v) is 10.5. The maximum atomic E-state index is 8.89. The lowest BCUT2D eigenvalue weighted by Gasteiger charge is -2.09. The van der Waals surface area contributed by atoms with E-state index in [1.165, 1.54) is 0 Å². The van der Waals surface area contributed by atoms with E-state index in [4.69, 9.17) is 14.7 Å². The van der Waals surface area contributed by atoms with E-state index in [-0.39, 0.29) is 6.01 Å². The minimum atomic E-state index is -1.94. The highest BCUT2D eigenvalue weighted by Gasteiger charge is 2.16. The number of para-hydroxylation sites is 1. The molecule has 2 aromatic carbocycles. The summed E-state index contributed by atoms with van der Waals surface area (Å²) in [4.78, 5) is 8.41. The predicted octanol–water partition coefficient (Wildman–Crippen LogP) is 1.65. The quantitative estimate of drug-likeness (QED) is 0.705. The third-order valence-electron chi connectivity index (χ3n) is 2.84. The van der Waals surface area contributed by atoms with E-state index in [1.807, 2.05) is 54.6 Å². The van der Waals surface area contributed by atoms with Crippen molar-refractivity contribution in [3.63, 3.8) is 0 Å². The summed E-state index contributed by atoms with van der Waals surface area (Å²) in [5.41, 5.74) is 2.27. The van der Waals surface area contributed by atoms with E-state index in [1.54, 1.807) is 0 Å².